The summed E-state index contributed by atoms with van der Waals surface area (Å²) in [5, 5.41) is 10.7. The van der Waals surface area contributed by atoms with Gasteiger partial charge in [0, 0.05) is 25.1 Å². The third-order valence-corrected chi connectivity index (χ3v) is 6.48. The van der Waals surface area contributed by atoms with E-state index in [2.05, 4.69) is 24.9 Å². The van der Waals surface area contributed by atoms with Gasteiger partial charge in [-0.15, -0.1) is 11.3 Å². The van der Waals surface area contributed by atoms with Gasteiger partial charge in [0.25, 0.3) is 0 Å². The van der Waals surface area contributed by atoms with E-state index < -0.39 is 6.09 Å². The van der Waals surface area contributed by atoms with E-state index in [1.54, 1.807) is 11.3 Å². The van der Waals surface area contributed by atoms with E-state index >= 15 is 0 Å². The molecule has 0 bridgehead atoms. The van der Waals surface area contributed by atoms with Gasteiger partial charge in [0.05, 0.1) is 40.2 Å². The molecule has 0 radical (unpaired) electrons. The van der Waals surface area contributed by atoms with Gasteiger partial charge in [0.1, 0.15) is 0 Å². The topological polar surface area (TPSA) is 65.9 Å². The molecular formula is C20H25N3O3S. The molecule has 1 amide bonds. The first-order chi connectivity index (χ1) is 13.0. The average molecular weight is 388 g/mol. The van der Waals surface area contributed by atoms with E-state index in [1.165, 1.54) is 4.90 Å². The summed E-state index contributed by atoms with van der Waals surface area (Å²) in [6.07, 6.45) is 2.96. The average Bonchev–Trinajstić information content (AvgIpc) is 3.00. The quantitative estimate of drug-likeness (QED) is 0.850. The summed E-state index contributed by atoms with van der Waals surface area (Å²) in [6, 6.07) is 6.64. The van der Waals surface area contributed by atoms with E-state index in [1.807, 2.05) is 18.2 Å². The Bertz CT molecular complexity index is 874. The van der Waals surface area contributed by atoms with Crippen molar-refractivity contribution in [2.75, 3.05) is 33.4 Å². The number of hydrogen-bond donors (Lipinski definition) is 1. The molecule has 2 aliphatic heterocycles. The first-order valence-electron chi connectivity index (χ1n) is 9.39. The molecule has 1 N–H and O–H groups in total. The maximum Gasteiger partial charge on any atom is 0.411 e. The van der Waals surface area contributed by atoms with Crippen LogP contribution in [0.15, 0.2) is 24.3 Å². The molecule has 0 unspecified atom stereocenters. The van der Waals surface area contributed by atoms with Gasteiger partial charge in [-0.1, -0.05) is 19.1 Å². The highest BCUT2D eigenvalue weighted by molar-refractivity contribution is 7.18. The molecular weight excluding hydrogens is 362 g/mol. The summed E-state index contributed by atoms with van der Waals surface area (Å²) >= 11 is 1.72. The molecule has 4 rings (SSSR count). The molecule has 2 aromatic rings. The van der Waals surface area contributed by atoms with Crippen molar-refractivity contribution in [1.29, 1.82) is 0 Å². The van der Waals surface area contributed by atoms with Gasteiger partial charge < -0.3 is 9.84 Å². The zero-order chi connectivity index (χ0) is 19.0. The minimum atomic E-state index is -0.894. The van der Waals surface area contributed by atoms with Gasteiger partial charge in [0.15, 0.2) is 0 Å². The molecule has 6 nitrogen and oxygen atoms in total. The molecule has 1 atom stereocenters. The predicted octanol–water partition coefficient (Wildman–Crippen LogP) is 3.53. The number of carbonyl (C=O) groups is 1. The molecule has 3 heterocycles. The lowest BCUT2D eigenvalue weighted by Crippen LogP contribution is -2.47. The summed E-state index contributed by atoms with van der Waals surface area (Å²) in [5.41, 5.74) is 2.66. The third-order valence-electron chi connectivity index (χ3n) is 5.38. The van der Waals surface area contributed by atoms with Gasteiger partial charge in [-0.25, -0.2) is 9.78 Å². The minimum Gasteiger partial charge on any atom is -0.465 e. The van der Waals surface area contributed by atoms with Crippen molar-refractivity contribution < 1.29 is 14.6 Å². The van der Waals surface area contributed by atoms with Crippen LogP contribution in [0.4, 0.5) is 4.79 Å². The Labute approximate surface area is 163 Å². The van der Waals surface area contributed by atoms with Crippen LogP contribution in [0.3, 0.4) is 0 Å². The lowest BCUT2D eigenvalue weighted by atomic mass is 9.98. The van der Waals surface area contributed by atoms with Crippen LogP contribution in [0, 0.1) is 5.92 Å². The van der Waals surface area contributed by atoms with Gasteiger partial charge in [-0.2, -0.15) is 0 Å². The number of carboxylic acid groups (broad SMARTS) is 1. The number of thiazole rings is 1. The Kier molecular flexibility index (Phi) is 5.16. The van der Waals surface area contributed by atoms with Crippen molar-refractivity contribution >= 4 is 33.3 Å². The van der Waals surface area contributed by atoms with Crippen molar-refractivity contribution in [1.82, 2.24) is 14.8 Å². The Morgan fingerprint density at radius 2 is 2.26 bits per heavy atom. The summed E-state index contributed by atoms with van der Waals surface area (Å²) in [4.78, 5) is 20.2. The molecule has 1 saturated heterocycles. The zero-order valence-electron chi connectivity index (χ0n) is 15.7. The van der Waals surface area contributed by atoms with E-state index in [0.717, 1.165) is 59.1 Å². The van der Waals surface area contributed by atoms with Crippen LogP contribution < -0.4 is 0 Å². The molecule has 0 aliphatic carbocycles. The van der Waals surface area contributed by atoms with Crippen LogP contribution in [0.1, 0.15) is 23.9 Å². The van der Waals surface area contributed by atoms with Crippen LogP contribution >= 0.6 is 11.3 Å². The lowest BCUT2D eigenvalue weighted by Gasteiger charge is -2.34. The normalized spacial score (nSPS) is 20.8. The van der Waals surface area contributed by atoms with Crippen LogP contribution in [-0.2, 0) is 11.2 Å². The summed E-state index contributed by atoms with van der Waals surface area (Å²) in [6.45, 7) is 5.24. The summed E-state index contributed by atoms with van der Waals surface area (Å²) < 4.78 is 6.40. The van der Waals surface area contributed by atoms with Crippen LogP contribution in [0.5, 0.6) is 0 Å². The number of likely N-dealkylation sites (N-methyl/N-ethyl adjacent to an activating group) is 1. The van der Waals surface area contributed by atoms with Gasteiger partial charge in [-0.05, 0) is 31.5 Å². The Morgan fingerprint density at radius 3 is 2.96 bits per heavy atom. The molecule has 0 saturated carbocycles. The van der Waals surface area contributed by atoms with Crippen molar-refractivity contribution in [3.8, 4) is 0 Å². The fraction of sp³-hybridized carbons (Fsp3) is 0.500. The number of benzene rings is 1. The maximum absolute atomic E-state index is 11.6. The van der Waals surface area contributed by atoms with Crippen LogP contribution in [0.2, 0.25) is 0 Å². The first kappa shape index (κ1) is 18.4. The smallest absolute Gasteiger partial charge is 0.411 e. The fourth-order valence-electron chi connectivity index (χ4n) is 3.54. The fourth-order valence-corrected chi connectivity index (χ4v) is 4.47. The first-order valence-corrected chi connectivity index (χ1v) is 10.2. The number of nitrogens with zero attached hydrogens (tertiary/aromatic N) is 3. The Balaban J connectivity index is 1.52. The van der Waals surface area contributed by atoms with Crippen molar-refractivity contribution in [3.63, 3.8) is 0 Å². The van der Waals surface area contributed by atoms with Crippen molar-refractivity contribution in [2.24, 2.45) is 5.92 Å². The van der Waals surface area contributed by atoms with Crippen LogP contribution in [0.25, 0.3) is 15.9 Å². The second-order valence-corrected chi connectivity index (χ2v) is 8.65. The highest BCUT2D eigenvalue weighted by Crippen LogP contribution is 2.31. The van der Waals surface area contributed by atoms with Gasteiger partial charge in [0.2, 0.25) is 0 Å². The Morgan fingerprint density at radius 1 is 1.44 bits per heavy atom. The summed E-state index contributed by atoms with van der Waals surface area (Å²) in [5.74, 6) is 0.345. The van der Waals surface area contributed by atoms with Crippen molar-refractivity contribution in [2.45, 2.75) is 25.8 Å². The standard InChI is InChI=1S/C20H25N3O3S/c1-13-3-5-17(23(10-13)20(24)25)14-4-6-18-16(9-14)21-19(27-18)7-8-22(2)15-11-26-12-15/h4-6,9,13,15H,3,7-8,10-12H2,1-2H3,(H,24,25)/t13-/m0/s1. The number of ether oxygens (including phenoxy) is 1. The molecule has 0 spiro atoms. The molecule has 2 aliphatic rings. The number of fused-ring (bicyclic) bond motifs is 1. The SMILES string of the molecule is C[C@H]1CC=C(c2ccc3sc(CCN(C)C4COC4)nc3c2)N(C(=O)O)C1. The molecule has 144 valence electrons. The number of aromatic nitrogens is 1. The minimum absolute atomic E-state index is 0.345. The maximum atomic E-state index is 11.6. The van der Waals surface area contributed by atoms with Crippen molar-refractivity contribution in [3.05, 3.63) is 34.8 Å². The predicted molar refractivity (Wildman–Crippen MR) is 107 cm³/mol. The molecule has 1 aromatic carbocycles. The van der Waals surface area contributed by atoms with E-state index in [0.29, 0.717) is 18.5 Å². The highest BCUT2D eigenvalue weighted by atomic mass is 32.1. The monoisotopic (exact) mass is 387 g/mol. The number of amides is 1. The van der Waals surface area contributed by atoms with E-state index in [4.69, 9.17) is 9.72 Å². The molecule has 1 fully saturated rings. The number of rotatable bonds is 5. The number of allylic oxidation sites excluding steroid dienone is 1. The highest BCUT2D eigenvalue weighted by Gasteiger charge is 2.25. The molecule has 27 heavy (non-hydrogen) atoms. The zero-order valence-corrected chi connectivity index (χ0v) is 16.5. The second-order valence-electron chi connectivity index (χ2n) is 7.54. The molecule has 1 aromatic heterocycles. The van der Waals surface area contributed by atoms with E-state index in [-0.39, 0.29) is 0 Å². The van der Waals surface area contributed by atoms with E-state index in [9.17, 15) is 9.90 Å². The number of hydrogen-bond acceptors (Lipinski definition) is 5. The van der Waals surface area contributed by atoms with Gasteiger partial charge in [-0.3, -0.25) is 9.80 Å². The Hall–Kier alpha value is -1.96. The largest absolute Gasteiger partial charge is 0.465 e. The lowest BCUT2D eigenvalue weighted by molar-refractivity contribution is -0.0555. The molecule has 7 heteroatoms. The summed E-state index contributed by atoms with van der Waals surface area (Å²) in [7, 11) is 2.13. The third kappa shape index (κ3) is 3.85. The second kappa shape index (κ2) is 7.58. The van der Waals surface area contributed by atoms with Crippen LogP contribution in [-0.4, -0.2) is 65.4 Å². The van der Waals surface area contributed by atoms with Gasteiger partial charge >= 0.3 is 6.09 Å².